The van der Waals surface area contributed by atoms with Crippen LogP contribution in [0.25, 0.3) is 0 Å². The standard InChI is InChI=1S/C7H13NO2/c1-9-5-2-8-3-6-10-7-4-8/h1H,2-7H2. The Morgan fingerprint density at radius 3 is 2.70 bits per heavy atom. The van der Waals surface area contributed by atoms with E-state index in [2.05, 4.69) is 9.64 Å². The molecule has 1 aliphatic rings. The first-order valence-electron chi connectivity index (χ1n) is 3.55. The van der Waals surface area contributed by atoms with Crippen molar-refractivity contribution >= 4 is 0 Å². The van der Waals surface area contributed by atoms with Crippen LogP contribution in [0.2, 0.25) is 0 Å². The second-order valence-electron chi connectivity index (χ2n) is 2.32. The van der Waals surface area contributed by atoms with Crippen LogP contribution in [0.4, 0.5) is 0 Å². The Labute approximate surface area is 61.9 Å². The van der Waals surface area contributed by atoms with E-state index in [1.807, 2.05) is 0 Å². The fourth-order valence-electron chi connectivity index (χ4n) is 1.01. The lowest BCUT2D eigenvalue weighted by atomic mass is 10.4. The van der Waals surface area contributed by atoms with Gasteiger partial charge in [-0.25, -0.2) is 0 Å². The smallest absolute Gasteiger partial charge is 0.115 e. The van der Waals surface area contributed by atoms with Crippen molar-refractivity contribution < 1.29 is 9.47 Å². The number of hydrogen-bond donors (Lipinski definition) is 0. The average Bonchev–Trinajstić information content (AvgIpc) is 2.03. The maximum absolute atomic E-state index is 5.17. The SMILES string of the molecule is [CH]OCCN1CCOCC1. The number of rotatable bonds is 3. The summed E-state index contributed by atoms with van der Waals surface area (Å²) in [7, 11) is 4.89. The highest BCUT2D eigenvalue weighted by atomic mass is 16.5. The molecule has 0 N–H and O–H groups in total. The van der Waals surface area contributed by atoms with Gasteiger partial charge in [-0.05, 0) is 0 Å². The molecular weight excluding hydrogens is 130 g/mol. The first-order chi connectivity index (χ1) is 4.93. The molecule has 0 amide bonds. The molecule has 1 rings (SSSR count). The number of morpholine rings is 1. The van der Waals surface area contributed by atoms with Gasteiger partial charge in [0.2, 0.25) is 0 Å². The summed E-state index contributed by atoms with van der Waals surface area (Å²) in [6.07, 6.45) is 0. The molecule has 1 aliphatic heterocycles. The topological polar surface area (TPSA) is 21.7 Å². The van der Waals surface area contributed by atoms with Crippen molar-refractivity contribution in [3.63, 3.8) is 0 Å². The molecule has 1 saturated heterocycles. The number of ether oxygens (including phenoxy) is 2. The lowest BCUT2D eigenvalue weighted by molar-refractivity contribution is 0.0289. The minimum Gasteiger partial charge on any atom is -0.379 e. The summed E-state index contributed by atoms with van der Waals surface area (Å²) in [5.74, 6) is 0. The van der Waals surface area contributed by atoms with Crippen molar-refractivity contribution in [2.45, 2.75) is 0 Å². The van der Waals surface area contributed by atoms with Gasteiger partial charge in [0.25, 0.3) is 0 Å². The third-order valence-corrected chi connectivity index (χ3v) is 1.63. The highest BCUT2D eigenvalue weighted by molar-refractivity contribution is 4.60. The van der Waals surface area contributed by atoms with Crippen molar-refractivity contribution in [2.75, 3.05) is 39.5 Å². The van der Waals surface area contributed by atoms with E-state index < -0.39 is 0 Å². The quantitative estimate of drug-likeness (QED) is 0.555. The first-order valence-corrected chi connectivity index (χ1v) is 3.55. The summed E-state index contributed by atoms with van der Waals surface area (Å²) in [6, 6.07) is 0. The van der Waals surface area contributed by atoms with Gasteiger partial charge in [0, 0.05) is 19.6 Å². The fourth-order valence-corrected chi connectivity index (χ4v) is 1.01. The molecule has 0 aromatic carbocycles. The molecule has 3 nitrogen and oxygen atoms in total. The molecule has 0 unspecified atom stereocenters. The second-order valence-corrected chi connectivity index (χ2v) is 2.32. The van der Waals surface area contributed by atoms with Crippen molar-refractivity contribution in [2.24, 2.45) is 0 Å². The Morgan fingerprint density at radius 1 is 1.40 bits per heavy atom. The zero-order chi connectivity index (χ0) is 7.23. The van der Waals surface area contributed by atoms with Crippen molar-refractivity contribution in [3.05, 3.63) is 7.11 Å². The first kappa shape index (κ1) is 7.98. The minimum absolute atomic E-state index is 0.611. The Bertz CT molecular complexity index is 81.7. The Morgan fingerprint density at radius 2 is 2.10 bits per heavy atom. The molecule has 0 aliphatic carbocycles. The Balaban J connectivity index is 2.02. The largest absolute Gasteiger partial charge is 0.379 e. The van der Waals surface area contributed by atoms with Crippen molar-refractivity contribution in [1.29, 1.82) is 0 Å². The predicted molar refractivity (Wildman–Crippen MR) is 37.5 cm³/mol. The van der Waals surface area contributed by atoms with Gasteiger partial charge in [0.1, 0.15) is 7.11 Å². The highest BCUT2D eigenvalue weighted by Gasteiger charge is 2.08. The molecule has 10 heavy (non-hydrogen) atoms. The fraction of sp³-hybridized carbons (Fsp3) is 0.857. The number of nitrogens with zero attached hydrogens (tertiary/aromatic N) is 1. The molecule has 2 radical (unpaired) electrons. The molecule has 1 heterocycles. The van der Waals surface area contributed by atoms with E-state index in [0.717, 1.165) is 32.8 Å². The maximum Gasteiger partial charge on any atom is 0.115 e. The van der Waals surface area contributed by atoms with Crippen LogP contribution in [0.1, 0.15) is 0 Å². The van der Waals surface area contributed by atoms with Crippen LogP contribution in [0, 0.1) is 7.11 Å². The molecule has 1 fully saturated rings. The third kappa shape index (κ3) is 2.64. The molecular formula is C7H13NO2. The van der Waals surface area contributed by atoms with E-state index in [1.165, 1.54) is 0 Å². The van der Waals surface area contributed by atoms with Crippen LogP contribution < -0.4 is 0 Å². The predicted octanol–water partition coefficient (Wildman–Crippen LogP) is 0.00379. The van der Waals surface area contributed by atoms with Gasteiger partial charge in [0.05, 0.1) is 19.8 Å². The van der Waals surface area contributed by atoms with Gasteiger partial charge < -0.3 is 9.47 Å². The molecule has 58 valence electrons. The van der Waals surface area contributed by atoms with Gasteiger partial charge in [0.15, 0.2) is 0 Å². The minimum atomic E-state index is 0.611. The summed E-state index contributed by atoms with van der Waals surface area (Å²) in [5, 5.41) is 0. The summed E-state index contributed by atoms with van der Waals surface area (Å²) in [5.41, 5.74) is 0. The maximum atomic E-state index is 5.17. The lowest BCUT2D eigenvalue weighted by Crippen LogP contribution is -2.38. The summed E-state index contributed by atoms with van der Waals surface area (Å²) in [4.78, 5) is 2.27. The van der Waals surface area contributed by atoms with E-state index in [-0.39, 0.29) is 0 Å². The van der Waals surface area contributed by atoms with Crippen molar-refractivity contribution in [1.82, 2.24) is 4.90 Å². The molecule has 0 aromatic rings. The van der Waals surface area contributed by atoms with E-state index in [0.29, 0.717) is 6.61 Å². The summed E-state index contributed by atoms with van der Waals surface area (Å²) in [6.45, 7) is 5.21. The monoisotopic (exact) mass is 143 g/mol. The van der Waals surface area contributed by atoms with Crippen molar-refractivity contribution in [3.8, 4) is 0 Å². The van der Waals surface area contributed by atoms with E-state index in [1.54, 1.807) is 0 Å². The van der Waals surface area contributed by atoms with Gasteiger partial charge in [-0.1, -0.05) is 0 Å². The average molecular weight is 143 g/mol. The summed E-state index contributed by atoms with van der Waals surface area (Å²) < 4.78 is 9.63. The van der Waals surface area contributed by atoms with Crippen LogP contribution in [0.15, 0.2) is 0 Å². The number of hydrogen-bond acceptors (Lipinski definition) is 3. The van der Waals surface area contributed by atoms with Gasteiger partial charge in [-0.2, -0.15) is 0 Å². The molecule has 0 spiro atoms. The van der Waals surface area contributed by atoms with Crippen LogP contribution in [0.5, 0.6) is 0 Å². The van der Waals surface area contributed by atoms with Gasteiger partial charge >= 0.3 is 0 Å². The van der Waals surface area contributed by atoms with Crippen LogP contribution in [-0.4, -0.2) is 44.4 Å². The van der Waals surface area contributed by atoms with Gasteiger partial charge in [-0.3, -0.25) is 4.90 Å². The molecule has 3 heteroatoms. The lowest BCUT2D eigenvalue weighted by Gasteiger charge is -2.25. The highest BCUT2D eigenvalue weighted by Crippen LogP contribution is 1.95. The Kier molecular flexibility index (Phi) is 3.72. The van der Waals surface area contributed by atoms with E-state index >= 15 is 0 Å². The zero-order valence-electron chi connectivity index (χ0n) is 6.08. The Hall–Kier alpha value is -0.120. The molecule has 0 atom stereocenters. The summed E-state index contributed by atoms with van der Waals surface area (Å²) >= 11 is 0. The zero-order valence-corrected chi connectivity index (χ0v) is 6.08. The van der Waals surface area contributed by atoms with Crippen LogP contribution in [-0.2, 0) is 9.47 Å². The van der Waals surface area contributed by atoms with E-state index in [4.69, 9.17) is 11.8 Å². The van der Waals surface area contributed by atoms with Crippen LogP contribution in [0.3, 0.4) is 0 Å². The molecule has 0 saturated carbocycles. The third-order valence-electron chi connectivity index (χ3n) is 1.63. The van der Waals surface area contributed by atoms with Crippen LogP contribution >= 0.6 is 0 Å². The second kappa shape index (κ2) is 4.66. The molecule has 0 bridgehead atoms. The normalized spacial score (nSPS) is 21.3. The van der Waals surface area contributed by atoms with Gasteiger partial charge in [-0.15, -0.1) is 0 Å². The van der Waals surface area contributed by atoms with E-state index in [9.17, 15) is 0 Å². The molecule has 0 aromatic heterocycles.